The van der Waals surface area contributed by atoms with Gasteiger partial charge in [0.05, 0.1) is 21.5 Å². The number of anilines is 1. The molecule has 0 radical (unpaired) electrons. The third-order valence-electron chi connectivity index (χ3n) is 4.65. The molecular formula is C18H17N3O4. The highest BCUT2D eigenvalue weighted by Crippen LogP contribution is 2.47. The molecule has 0 spiro atoms. The van der Waals surface area contributed by atoms with Crippen LogP contribution in [0.2, 0.25) is 0 Å². The van der Waals surface area contributed by atoms with Gasteiger partial charge < -0.3 is 4.90 Å². The van der Waals surface area contributed by atoms with Crippen LogP contribution in [0.1, 0.15) is 25.0 Å². The number of hydrogen-bond donors (Lipinski definition) is 0. The summed E-state index contributed by atoms with van der Waals surface area (Å²) in [6.07, 6.45) is 1.74. The van der Waals surface area contributed by atoms with Gasteiger partial charge in [0.15, 0.2) is 0 Å². The first kappa shape index (κ1) is 16.6. The van der Waals surface area contributed by atoms with Crippen molar-refractivity contribution in [1.29, 1.82) is 0 Å². The lowest BCUT2D eigenvalue weighted by Gasteiger charge is -2.24. The van der Waals surface area contributed by atoms with Crippen LogP contribution >= 0.6 is 0 Å². The predicted octanol–water partition coefficient (Wildman–Crippen LogP) is 4.27. The van der Waals surface area contributed by atoms with E-state index in [0.717, 1.165) is 23.0 Å². The quantitative estimate of drug-likeness (QED) is 0.615. The van der Waals surface area contributed by atoms with E-state index in [2.05, 4.69) is 13.8 Å². The summed E-state index contributed by atoms with van der Waals surface area (Å²) in [4.78, 5) is 23.0. The Morgan fingerprint density at radius 1 is 1.04 bits per heavy atom. The van der Waals surface area contributed by atoms with Crippen molar-refractivity contribution in [2.24, 2.45) is 0 Å². The number of benzene rings is 2. The van der Waals surface area contributed by atoms with Crippen molar-refractivity contribution in [3.05, 3.63) is 79.5 Å². The smallest absolute Gasteiger partial charge is 0.283 e. The molecule has 0 bridgehead atoms. The minimum atomic E-state index is -0.634. The van der Waals surface area contributed by atoms with Crippen molar-refractivity contribution in [1.82, 2.24) is 0 Å². The second-order valence-corrected chi connectivity index (χ2v) is 6.49. The molecule has 0 atom stereocenters. The van der Waals surface area contributed by atoms with Crippen LogP contribution in [0.3, 0.4) is 0 Å². The minimum absolute atomic E-state index is 0.276. The van der Waals surface area contributed by atoms with Crippen LogP contribution in [-0.4, -0.2) is 16.9 Å². The van der Waals surface area contributed by atoms with Gasteiger partial charge in [-0.15, -0.1) is 0 Å². The Kier molecular flexibility index (Phi) is 3.79. The maximum absolute atomic E-state index is 11.4. The SMILES string of the molecule is CN1C(=Cc2ccc([N+](=O)[O-])cc2[N+](=O)[O-])C(C)(C)c2ccccc21. The van der Waals surface area contributed by atoms with Crippen molar-refractivity contribution in [3.8, 4) is 0 Å². The summed E-state index contributed by atoms with van der Waals surface area (Å²) >= 11 is 0. The summed E-state index contributed by atoms with van der Waals surface area (Å²) in [5.41, 5.74) is 2.51. The first-order chi connectivity index (χ1) is 11.7. The van der Waals surface area contributed by atoms with Crippen LogP contribution in [0, 0.1) is 20.2 Å². The second-order valence-electron chi connectivity index (χ2n) is 6.49. The molecule has 0 amide bonds. The first-order valence-electron chi connectivity index (χ1n) is 7.71. The van der Waals surface area contributed by atoms with Gasteiger partial charge in [-0.2, -0.15) is 0 Å². The first-order valence-corrected chi connectivity index (χ1v) is 7.71. The fraction of sp³-hybridized carbons (Fsp3) is 0.222. The highest BCUT2D eigenvalue weighted by Gasteiger charge is 2.38. The van der Waals surface area contributed by atoms with Crippen LogP contribution in [-0.2, 0) is 5.41 Å². The fourth-order valence-electron chi connectivity index (χ4n) is 3.33. The number of nitrogens with zero attached hydrogens (tertiary/aromatic N) is 3. The topological polar surface area (TPSA) is 89.5 Å². The summed E-state index contributed by atoms with van der Waals surface area (Å²) in [7, 11) is 1.91. The lowest BCUT2D eigenvalue weighted by Crippen LogP contribution is -2.22. The average molecular weight is 339 g/mol. The summed E-state index contributed by atoms with van der Waals surface area (Å²) in [5.74, 6) is 0. The van der Waals surface area contributed by atoms with Gasteiger partial charge in [-0.25, -0.2) is 0 Å². The van der Waals surface area contributed by atoms with Gasteiger partial charge in [0, 0.05) is 29.9 Å². The number of likely N-dealkylation sites (N-methyl/N-ethyl adjacent to an activating group) is 1. The molecule has 3 rings (SSSR count). The molecule has 1 heterocycles. The van der Waals surface area contributed by atoms with Crippen molar-refractivity contribution >= 4 is 23.1 Å². The molecule has 7 heteroatoms. The van der Waals surface area contributed by atoms with E-state index in [1.165, 1.54) is 12.1 Å². The number of rotatable bonds is 3. The Morgan fingerprint density at radius 2 is 1.72 bits per heavy atom. The highest BCUT2D eigenvalue weighted by molar-refractivity contribution is 5.77. The molecule has 0 fully saturated rings. The van der Waals surface area contributed by atoms with Gasteiger partial charge in [0.2, 0.25) is 0 Å². The molecule has 2 aromatic carbocycles. The maximum Gasteiger partial charge on any atom is 0.283 e. The van der Waals surface area contributed by atoms with E-state index >= 15 is 0 Å². The fourth-order valence-corrected chi connectivity index (χ4v) is 3.33. The zero-order chi connectivity index (χ0) is 18.4. The summed E-state index contributed by atoms with van der Waals surface area (Å²) in [6, 6.07) is 11.7. The summed E-state index contributed by atoms with van der Waals surface area (Å²) in [6.45, 7) is 4.11. The Hall–Kier alpha value is -3.22. The molecule has 2 aromatic rings. The highest BCUT2D eigenvalue weighted by atomic mass is 16.6. The van der Waals surface area contributed by atoms with E-state index in [4.69, 9.17) is 0 Å². The van der Waals surface area contributed by atoms with Gasteiger partial charge in [-0.05, 0) is 23.8 Å². The van der Waals surface area contributed by atoms with Crippen LogP contribution in [0.25, 0.3) is 6.08 Å². The van der Waals surface area contributed by atoms with E-state index < -0.39 is 9.85 Å². The monoisotopic (exact) mass is 339 g/mol. The Morgan fingerprint density at radius 3 is 2.32 bits per heavy atom. The van der Waals surface area contributed by atoms with Gasteiger partial charge in [-0.1, -0.05) is 32.0 Å². The number of nitro benzene ring substituents is 2. The van der Waals surface area contributed by atoms with Crippen LogP contribution < -0.4 is 4.90 Å². The molecule has 25 heavy (non-hydrogen) atoms. The molecule has 0 unspecified atom stereocenters. The molecule has 0 aromatic heterocycles. The second kappa shape index (κ2) is 5.70. The zero-order valence-corrected chi connectivity index (χ0v) is 14.1. The average Bonchev–Trinajstić information content (AvgIpc) is 2.76. The molecule has 0 N–H and O–H groups in total. The minimum Gasteiger partial charge on any atom is -0.347 e. The number of fused-ring (bicyclic) bond motifs is 1. The molecule has 1 aliphatic rings. The van der Waals surface area contributed by atoms with E-state index in [9.17, 15) is 20.2 Å². The number of nitro groups is 2. The van der Waals surface area contributed by atoms with E-state index in [1.54, 1.807) is 6.08 Å². The number of para-hydroxylation sites is 1. The van der Waals surface area contributed by atoms with E-state index in [0.29, 0.717) is 5.56 Å². The van der Waals surface area contributed by atoms with Crippen LogP contribution in [0.5, 0.6) is 0 Å². The van der Waals surface area contributed by atoms with Crippen molar-refractivity contribution in [3.63, 3.8) is 0 Å². The molecule has 128 valence electrons. The van der Waals surface area contributed by atoms with Crippen molar-refractivity contribution < 1.29 is 9.85 Å². The van der Waals surface area contributed by atoms with Gasteiger partial charge in [0.1, 0.15) is 0 Å². The largest absolute Gasteiger partial charge is 0.347 e. The lowest BCUT2D eigenvalue weighted by molar-refractivity contribution is -0.394. The van der Waals surface area contributed by atoms with Crippen LogP contribution in [0.4, 0.5) is 17.1 Å². The standard InChI is InChI=1S/C18H17N3O4/c1-18(2)14-6-4-5-7-15(14)19(3)17(18)10-12-8-9-13(20(22)23)11-16(12)21(24)25/h4-11H,1-3H3. The third-order valence-corrected chi connectivity index (χ3v) is 4.65. The van der Waals surface area contributed by atoms with E-state index in [-0.39, 0.29) is 16.8 Å². The summed E-state index contributed by atoms with van der Waals surface area (Å²) < 4.78 is 0. The molecular weight excluding hydrogens is 322 g/mol. The summed E-state index contributed by atoms with van der Waals surface area (Å²) in [5, 5.41) is 22.3. The predicted molar refractivity (Wildman–Crippen MR) is 95.6 cm³/mol. The van der Waals surface area contributed by atoms with Crippen molar-refractivity contribution in [2.75, 3.05) is 11.9 Å². The van der Waals surface area contributed by atoms with Gasteiger partial charge in [0.25, 0.3) is 11.4 Å². The lowest BCUT2D eigenvalue weighted by atomic mass is 9.83. The number of non-ortho nitro benzene ring substituents is 1. The molecule has 7 nitrogen and oxygen atoms in total. The van der Waals surface area contributed by atoms with Gasteiger partial charge >= 0.3 is 0 Å². The third kappa shape index (κ3) is 2.63. The molecule has 1 aliphatic heterocycles. The van der Waals surface area contributed by atoms with Crippen molar-refractivity contribution in [2.45, 2.75) is 19.3 Å². The molecule has 0 aliphatic carbocycles. The Bertz CT molecular complexity index is 918. The maximum atomic E-state index is 11.4. The van der Waals surface area contributed by atoms with E-state index in [1.807, 2.05) is 36.2 Å². The number of allylic oxidation sites excluding steroid dienone is 1. The Labute approximate surface area is 144 Å². The normalized spacial score (nSPS) is 16.8. The van der Waals surface area contributed by atoms with Gasteiger partial charge in [-0.3, -0.25) is 20.2 Å². The zero-order valence-electron chi connectivity index (χ0n) is 14.1. The Balaban J connectivity index is 2.16. The van der Waals surface area contributed by atoms with Crippen LogP contribution in [0.15, 0.2) is 48.2 Å². The molecule has 0 saturated carbocycles. The number of hydrogen-bond acceptors (Lipinski definition) is 5. The molecule has 0 saturated heterocycles.